The molecule has 0 aliphatic carbocycles. The Hall–Kier alpha value is -2.82. The fourth-order valence-electron chi connectivity index (χ4n) is 2.21. The minimum Gasteiger partial charge on any atom is -0.452 e. The van der Waals surface area contributed by atoms with Gasteiger partial charge in [0.2, 0.25) is 5.79 Å². The Morgan fingerprint density at radius 1 is 1.05 bits per heavy atom. The molecule has 0 radical (unpaired) electrons. The molecule has 1 N–H and O–H groups in total. The number of benzene rings is 2. The minimum absolute atomic E-state index is 0.224. The Bertz CT molecular complexity index is 738. The number of nitrogens with one attached hydrogen (secondary N) is 1. The quantitative estimate of drug-likeness (QED) is 0.864. The molecule has 5 heteroatoms. The number of carbonyl (C=O) groups is 2. The summed E-state index contributed by atoms with van der Waals surface area (Å²) >= 11 is 0. The Kier molecular flexibility index (Phi) is 3.33. The Morgan fingerprint density at radius 3 is 2.50 bits per heavy atom. The number of fused-ring (bicyclic) bond motifs is 1. The first-order valence-electron chi connectivity index (χ1n) is 6.87. The lowest BCUT2D eigenvalue weighted by atomic mass is 10.1. The summed E-state index contributed by atoms with van der Waals surface area (Å²) in [6.45, 7) is 3.31. The van der Waals surface area contributed by atoms with Crippen molar-refractivity contribution in [2.45, 2.75) is 19.6 Å². The van der Waals surface area contributed by atoms with Crippen molar-refractivity contribution < 1.29 is 19.1 Å². The van der Waals surface area contributed by atoms with Crippen LogP contribution < -0.4 is 10.1 Å². The summed E-state index contributed by atoms with van der Waals surface area (Å²) in [4.78, 5) is 24.0. The zero-order chi connectivity index (χ0) is 15.7. The molecule has 2 aromatic carbocycles. The van der Waals surface area contributed by atoms with Crippen molar-refractivity contribution in [2.24, 2.45) is 0 Å². The summed E-state index contributed by atoms with van der Waals surface area (Å²) in [7, 11) is 0. The van der Waals surface area contributed by atoms with E-state index in [0.717, 1.165) is 0 Å². The molecular weight excluding hydrogens is 282 g/mol. The lowest BCUT2D eigenvalue weighted by Crippen LogP contribution is -2.38. The standard InChI is InChI=1S/C17H15NO4/c1-17(2)21-14-10-12(8-9-13(14)16(20)22-17)18-15(19)11-6-4-3-5-7-11/h3-10H,1-2H3,(H,18,19). The van der Waals surface area contributed by atoms with Crippen molar-refractivity contribution in [3.63, 3.8) is 0 Å². The summed E-state index contributed by atoms with van der Waals surface area (Å²) in [6.07, 6.45) is 0. The molecule has 5 nitrogen and oxygen atoms in total. The highest BCUT2D eigenvalue weighted by Gasteiger charge is 2.33. The van der Waals surface area contributed by atoms with Gasteiger partial charge in [-0.1, -0.05) is 18.2 Å². The average molecular weight is 297 g/mol. The van der Waals surface area contributed by atoms with Crippen molar-refractivity contribution in [3.8, 4) is 5.75 Å². The molecule has 1 aliphatic rings. The number of rotatable bonds is 2. The van der Waals surface area contributed by atoms with E-state index in [1.54, 1.807) is 56.3 Å². The maximum Gasteiger partial charge on any atom is 0.345 e. The van der Waals surface area contributed by atoms with Crippen LogP contribution in [0.3, 0.4) is 0 Å². The van der Waals surface area contributed by atoms with E-state index in [-0.39, 0.29) is 5.91 Å². The normalized spacial score (nSPS) is 15.3. The van der Waals surface area contributed by atoms with E-state index < -0.39 is 11.8 Å². The maximum absolute atomic E-state index is 12.1. The van der Waals surface area contributed by atoms with E-state index >= 15 is 0 Å². The summed E-state index contributed by atoms with van der Waals surface area (Å²) in [5.74, 6) is -1.29. The average Bonchev–Trinajstić information content (AvgIpc) is 2.46. The number of cyclic esters (lactones) is 1. The van der Waals surface area contributed by atoms with Crippen LogP contribution >= 0.6 is 0 Å². The number of amides is 1. The first-order valence-corrected chi connectivity index (χ1v) is 6.87. The van der Waals surface area contributed by atoms with Crippen molar-refractivity contribution >= 4 is 17.6 Å². The van der Waals surface area contributed by atoms with Gasteiger partial charge in [-0.25, -0.2) is 4.79 Å². The van der Waals surface area contributed by atoms with Gasteiger partial charge in [0, 0.05) is 31.2 Å². The van der Waals surface area contributed by atoms with E-state index in [4.69, 9.17) is 9.47 Å². The Balaban J connectivity index is 1.85. The first kappa shape index (κ1) is 14.1. The van der Waals surface area contributed by atoms with Crippen LogP contribution in [0.15, 0.2) is 48.5 Å². The highest BCUT2D eigenvalue weighted by atomic mass is 16.7. The number of esters is 1. The number of anilines is 1. The van der Waals surface area contributed by atoms with Crippen molar-refractivity contribution in [3.05, 3.63) is 59.7 Å². The highest BCUT2D eigenvalue weighted by molar-refractivity contribution is 6.04. The smallest absolute Gasteiger partial charge is 0.345 e. The Morgan fingerprint density at radius 2 is 1.77 bits per heavy atom. The zero-order valence-electron chi connectivity index (χ0n) is 12.3. The van der Waals surface area contributed by atoms with Crippen molar-refractivity contribution in [2.75, 3.05) is 5.32 Å². The highest BCUT2D eigenvalue weighted by Crippen LogP contribution is 2.33. The second kappa shape index (κ2) is 5.18. The molecule has 1 aliphatic heterocycles. The third kappa shape index (κ3) is 2.79. The molecule has 0 aromatic heterocycles. The number of hydrogen-bond acceptors (Lipinski definition) is 4. The van der Waals surface area contributed by atoms with Gasteiger partial charge in [-0.3, -0.25) is 4.79 Å². The third-order valence-corrected chi connectivity index (χ3v) is 3.19. The fraction of sp³-hybridized carbons (Fsp3) is 0.176. The second-order valence-corrected chi connectivity index (χ2v) is 5.42. The van der Waals surface area contributed by atoms with E-state index in [9.17, 15) is 9.59 Å². The van der Waals surface area contributed by atoms with Crippen LogP contribution in [0.1, 0.15) is 34.6 Å². The largest absolute Gasteiger partial charge is 0.452 e. The van der Waals surface area contributed by atoms with Gasteiger partial charge >= 0.3 is 5.97 Å². The van der Waals surface area contributed by atoms with E-state index in [1.807, 2.05) is 6.07 Å². The van der Waals surface area contributed by atoms with Gasteiger partial charge in [0.25, 0.3) is 5.91 Å². The molecule has 0 saturated carbocycles. The molecule has 2 aromatic rings. The molecule has 112 valence electrons. The van der Waals surface area contributed by atoms with E-state index in [1.165, 1.54) is 0 Å². The summed E-state index contributed by atoms with van der Waals surface area (Å²) in [5, 5.41) is 2.78. The molecule has 0 atom stereocenters. The van der Waals surface area contributed by atoms with Crippen LogP contribution in [0.4, 0.5) is 5.69 Å². The molecular formula is C17H15NO4. The third-order valence-electron chi connectivity index (χ3n) is 3.19. The lowest BCUT2D eigenvalue weighted by molar-refractivity contribution is -0.127. The minimum atomic E-state index is -1.02. The van der Waals surface area contributed by atoms with Crippen molar-refractivity contribution in [1.82, 2.24) is 0 Å². The van der Waals surface area contributed by atoms with Crippen LogP contribution in [0.25, 0.3) is 0 Å². The molecule has 0 bridgehead atoms. The summed E-state index contributed by atoms with van der Waals surface area (Å²) < 4.78 is 10.8. The van der Waals surface area contributed by atoms with Crippen LogP contribution in [0.5, 0.6) is 5.75 Å². The molecule has 3 rings (SSSR count). The van der Waals surface area contributed by atoms with Crippen LogP contribution in [-0.2, 0) is 4.74 Å². The van der Waals surface area contributed by atoms with Crippen LogP contribution in [0.2, 0.25) is 0 Å². The van der Waals surface area contributed by atoms with Gasteiger partial charge in [-0.2, -0.15) is 0 Å². The van der Waals surface area contributed by atoms with Gasteiger partial charge in [-0.15, -0.1) is 0 Å². The van der Waals surface area contributed by atoms with Crippen LogP contribution in [0, 0.1) is 0 Å². The van der Waals surface area contributed by atoms with Gasteiger partial charge in [0.1, 0.15) is 11.3 Å². The van der Waals surface area contributed by atoms with Gasteiger partial charge < -0.3 is 14.8 Å². The molecule has 0 fully saturated rings. The lowest BCUT2D eigenvalue weighted by Gasteiger charge is -2.31. The SMILES string of the molecule is CC1(C)OC(=O)c2ccc(NC(=O)c3ccccc3)cc2O1. The predicted molar refractivity (Wildman–Crippen MR) is 81.0 cm³/mol. The van der Waals surface area contributed by atoms with Gasteiger partial charge in [0.05, 0.1) is 0 Å². The molecule has 0 unspecified atom stereocenters. The van der Waals surface area contributed by atoms with Gasteiger partial charge in [0.15, 0.2) is 0 Å². The maximum atomic E-state index is 12.1. The number of hydrogen-bond donors (Lipinski definition) is 1. The van der Waals surface area contributed by atoms with Crippen LogP contribution in [-0.4, -0.2) is 17.7 Å². The van der Waals surface area contributed by atoms with Gasteiger partial charge in [-0.05, 0) is 24.3 Å². The monoisotopic (exact) mass is 297 g/mol. The topological polar surface area (TPSA) is 64.6 Å². The number of carbonyl (C=O) groups excluding carboxylic acids is 2. The fourth-order valence-corrected chi connectivity index (χ4v) is 2.21. The van der Waals surface area contributed by atoms with E-state index in [2.05, 4.69) is 5.32 Å². The zero-order valence-corrected chi connectivity index (χ0v) is 12.3. The molecule has 0 spiro atoms. The summed E-state index contributed by atoms with van der Waals surface area (Å²) in [5.41, 5.74) is 1.45. The molecule has 1 amide bonds. The predicted octanol–water partition coefficient (Wildman–Crippen LogP) is 3.22. The van der Waals surface area contributed by atoms with Crippen molar-refractivity contribution in [1.29, 1.82) is 0 Å². The Labute approximate surface area is 127 Å². The first-order chi connectivity index (χ1) is 10.4. The molecule has 0 saturated heterocycles. The molecule has 1 heterocycles. The number of ether oxygens (including phenoxy) is 2. The second-order valence-electron chi connectivity index (χ2n) is 5.42. The van der Waals surface area contributed by atoms with E-state index in [0.29, 0.717) is 22.6 Å². The molecule has 22 heavy (non-hydrogen) atoms. The summed E-state index contributed by atoms with van der Waals surface area (Å²) in [6, 6.07) is 13.7.